The maximum atomic E-state index is 13.2. The number of para-hydroxylation sites is 1. The van der Waals surface area contributed by atoms with E-state index in [1.54, 1.807) is 0 Å². The summed E-state index contributed by atoms with van der Waals surface area (Å²) in [6, 6.07) is 9.53. The van der Waals surface area contributed by atoms with Crippen molar-refractivity contribution in [3.8, 4) is 0 Å². The number of hydrogen-bond donors (Lipinski definition) is 2. The summed E-state index contributed by atoms with van der Waals surface area (Å²) >= 11 is 0. The smallest absolute Gasteiger partial charge is 0.245 e. The van der Waals surface area contributed by atoms with E-state index in [-0.39, 0.29) is 11.7 Å². The molecule has 33 heavy (non-hydrogen) atoms. The van der Waals surface area contributed by atoms with E-state index in [4.69, 9.17) is 0 Å². The predicted octanol–water partition coefficient (Wildman–Crippen LogP) is 4.44. The Bertz CT molecular complexity index is 1090. The molecule has 2 aromatic heterocycles. The summed E-state index contributed by atoms with van der Waals surface area (Å²) in [5, 5.41) is 8.63. The van der Waals surface area contributed by atoms with E-state index in [1.807, 2.05) is 0 Å². The molecule has 0 spiro atoms. The Morgan fingerprint density at radius 1 is 1.15 bits per heavy atom. The topological polar surface area (TPSA) is 80.9 Å². The molecule has 176 valence electrons. The van der Waals surface area contributed by atoms with E-state index >= 15 is 0 Å². The number of aromatic nitrogens is 4. The van der Waals surface area contributed by atoms with Gasteiger partial charge in [-0.2, -0.15) is 4.98 Å². The van der Waals surface area contributed by atoms with E-state index in [9.17, 15) is 4.79 Å². The number of ketones is 1. The summed E-state index contributed by atoms with van der Waals surface area (Å²) < 4.78 is 0. The van der Waals surface area contributed by atoms with Gasteiger partial charge in [-0.15, -0.1) is 5.10 Å². The molecular formula is C26H36N6O. The van der Waals surface area contributed by atoms with Gasteiger partial charge in [-0.05, 0) is 56.2 Å². The van der Waals surface area contributed by atoms with Crippen molar-refractivity contribution in [1.82, 2.24) is 25.1 Å². The Labute approximate surface area is 196 Å². The molecule has 3 atom stereocenters. The first kappa shape index (κ1) is 22.1. The number of Topliss-reactive ketones (excluding diaryl/α,β-unsaturated/α-hetero) is 1. The first-order valence-electron chi connectivity index (χ1n) is 12.5. The molecule has 2 aliphatic heterocycles. The third-order valence-corrected chi connectivity index (χ3v) is 7.68. The van der Waals surface area contributed by atoms with Crippen molar-refractivity contribution in [2.24, 2.45) is 11.8 Å². The van der Waals surface area contributed by atoms with Crippen LogP contribution in [0.1, 0.15) is 62.1 Å². The molecule has 2 saturated heterocycles. The number of anilines is 1. The van der Waals surface area contributed by atoms with Gasteiger partial charge in [-0.1, -0.05) is 38.5 Å². The molecule has 0 aliphatic carbocycles. The van der Waals surface area contributed by atoms with Crippen molar-refractivity contribution in [3.05, 3.63) is 41.9 Å². The van der Waals surface area contributed by atoms with Gasteiger partial charge in [0.25, 0.3) is 0 Å². The van der Waals surface area contributed by atoms with Crippen LogP contribution in [0.5, 0.6) is 0 Å². The maximum absolute atomic E-state index is 13.2. The van der Waals surface area contributed by atoms with Gasteiger partial charge in [0, 0.05) is 48.7 Å². The van der Waals surface area contributed by atoms with Crippen LogP contribution in [-0.2, 0) is 6.42 Å². The van der Waals surface area contributed by atoms with Crippen LogP contribution in [0, 0.1) is 11.8 Å². The van der Waals surface area contributed by atoms with Crippen molar-refractivity contribution in [1.29, 1.82) is 0 Å². The number of H-pyrrole nitrogens is 2. The third kappa shape index (κ3) is 4.69. The number of likely N-dealkylation sites (N-methyl/N-ethyl adjacent to an activating group) is 1. The molecule has 3 aromatic rings. The fraction of sp³-hybridized carbons (Fsp3) is 0.577. The number of carbonyl (C=O) groups excluding carboxylic acids is 1. The van der Waals surface area contributed by atoms with Crippen LogP contribution in [0.2, 0.25) is 0 Å². The van der Waals surface area contributed by atoms with Gasteiger partial charge in [0.1, 0.15) is 0 Å². The summed E-state index contributed by atoms with van der Waals surface area (Å²) in [5.41, 5.74) is 2.45. The average Bonchev–Trinajstić information content (AvgIpc) is 3.49. The normalized spacial score (nSPS) is 21.9. The Balaban J connectivity index is 1.27. The molecule has 4 heterocycles. The third-order valence-electron chi connectivity index (χ3n) is 7.68. The molecular weight excluding hydrogens is 412 g/mol. The minimum Gasteiger partial charge on any atom is -0.361 e. The minimum absolute atomic E-state index is 0.0689. The second kappa shape index (κ2) is 9.29. The fourth-order valence-corrected chi connectivity index (χ4v) is 5.61. The van der Waals surface area contributed by atoms with Crippen LogP contribution in [-0.4, -0.2) is 63.1 Å². The fourth-order valence-electron chi connectivity index (χ4n) is 5.61. The molecule has 0 amide bonds. The van der Waals surface area contributed by atoms with Crippen LogP contribution in [0.25, 0.3) is 10.9 Å². The quantitative estimate of drug-likeness (QED) is 0.473. The number of piperazine rings is 1. The van der Waals surface area contributed by atoms with Crippen molar-refractivity contribution >= 4 is 22.6 Å². The summed E-state index contributed by atoms with van der Waals surface area (Å²) in [4.78, 5) is 26.0. The van der Waals surface area contributed by atoms with Crippen LogP contribution in [0.3, 0.4) is 0 Å². The zero-order valence-electron chi connectivity index (χ0n) is 20.1. The molecule has 0 saturated carbocycles. The van der Waals surface area contributed by atoms with Gasteiger partial charge in [0.15, 0.2) is 11.6 Å². The lowest BCUT2D eigenvalue weighted by Gasteiger charge is -2.38. The highest BCUT2D eigenvalue weighted by Gasteiger charge is 2.38. The van der Waals surface area contributed by atoms with E-state index in [0.29, 0.717) is 36.2 Å². The van der Waals surface area contributed by atoms with Gasteiger partial charge >= 0.3 is 0 Å². The second-order valence-corrected chi connectivity index (χ2v) is 10.5. The van der Waals surface area contributed by atoms with Crippen molar-refractivity contribution in [2.45, 2.75) is 64.5 Å². The van der Waals surface area contributed by atoms with Crippen LogP contribution < -0.4 is 4.90 Å². The Hall–Kier alpha value is -2.67. The van der Waals surface area contributed by atoms with Crippen LogP contribution in [0.15, 0.2) is 30.5 Å². The van der Waals surface area contributed by atoms with Crippen molar-refractivity contribution in [2.75, 3.05) is 25.0 Å². The van der Waals surface area contributed by atoms with Gasteiger partial charge in [0.05, 0.1) is 0 Å². The average molecular weight is 449 g/mol. The number of rotatable bonds is 9. The van der Waals surface area contributed by atoms with E-state index < -0.39 is 0 Å². The standard InChI is InChI=1S/C26H36N6O/c1-17(2)8-9-18(12-19-14-27-23-7-5-4-6-22(19)23)13-24(33)25-28-26(30-29-25)32-15-20-10-11-21(16-32)31(20)3/h4-7,14,17-18,20-21,27H,8-13,15-16H2,1-3H3,(H,28,29,30). The molecule has 2 aliphatic rings. The van der Waals surface area contributed by atoms with Gasteiger partial charge in [-0.3, -0.25) is 14.8 Å². The van der Waals surface area contributed by atoms with Gasteiger partial charge < -0.3 is 9.88 Å². The number of carbonyl (C=O) groups is 1. The van der Waals surface area contributed by atoms with Crippen molar-refractivity contribution in [3.63, 3.8) is 0 Å². The van der Waals surface area contributed by atoms with E-state index in [1.165, 1.54) is 23.8 Å². The highest BCUT2D eigenvalue weighted by atomic mass is 16.1. The highest BCUT2D eigenvalue weighted by Crippen LogP contribution is 2.30. The number of aromatic amines is 2. The number of nitrogens with one attached hydrogen (secondary N) is 2. The van der Waals surface area contributed by atoms with Gasteiger partial charge in [0.2, 0.25) is 5.95 Å². The Kier molecular flexibility index (Phi) is 6.23. The van der Waals surface area contributed by atoms with Crippen LogP contribution >= 0.6 is 0 Å². The zero-order chi connectivity index (χ0) is 22.9. The minimum atomic E-state index is 0.0689. The van der Waals surface area contributed by atoms with E-state index in [2.05, 4.69) is 81.3 Å². The van der Waals surface area contributed by atoms with E-state index in [0.717, 1.165) is 37.9 Å². The lowest BCUT2D eigenvalue weighted by Crippen LogP contribution is -2.52. The molecule has 7 heteroatoms. The monoisotopic (exact) mass is 448 g/mol. The van der Waals surface area contributed by atoms with Crippen LogP contribution in [0.4, 0.5) is 5.95 Å². The molecule has 2 N–H and O–H groups in total. The number of nitrogens with zero attached hydrogens (tertiary/aromatic N) is 4. The Morgan fingerprint density at radius 2 is 1.91 bits per heavy atom. The number of fused-ring (bicyclic) bond motifs is 3. The molecule has 3 unspecified atom stereocenters. The largest absolute Gasteiger partial charge is 0.361 e. The summed E-state index contributed by atoms with van der Waals surface area (Å²) in [6.45, 7) is 6.37. The SMILES string of the molecule is CC(C)CCC(CC(=O)c1nc(N2CC3CCC(C2)N3C)n[nH]1)Cc1c[nH]c2ccccc12. The predicted molar refractivity (Wildman–Crippen MR) is 132 cm³/mol. The molecule has 1 aromatic carbocycles. The molecule has 7 nitrogen and oxygen atoms in total. The Morgan fingerprint density at radius 3 is 2.67 bits per heavy atom. The molecule has 5 rings (SSSR count). The number of benzene rings is 1. The van der Waals surface area contributed by atoms with Crippen molar-refractivity contribution < 1.29 is 4.79 Å². The summed E-state index contributed by atoms with van der Waals surface area (Å²) in [7, 11) is 2.22. The molecule has 2 fully saturated rings. The maximum Gasteiger partial charge on any atom is 0.245 e. The number of hydrogen-bond acceptors (Lipinski definition) is 5. The highest BCUT2D eigenvalue weighted by molar-refractivity contribution is 5.93. The second-order valence-electron chi connectivity index (χ2n) is 10.5. The lowest BCUT2D eigenvalue weighted by molar-refractivity contribution is 0.0947. The summed E-state index contributed by atoms with van der Waals surface area (Å²) in [5.74, 6) is 2.06. The zero-order valence-corrected chi connectivity index (χ0v) is 20.1. The lowest BCUT2D eigenvalue weighted by atomic mass is 9.88. The van der Waals surface area contributed by atoms with Gasteiger partial charge in [-0.25, -0.2) is 0 Å². The summed E-state index contributed by atoms with van der Waals surface area (Å²) in [6.07, 6.45) is 8.11. The first-order chi connectivity index (χ1) is 16.0. The molecule has 2 bridgehead atoms. The first-order valence-corrected chi connectivity index (χ1v) is 12.5. The molecule has 0 radical (unpaired) electrons.